The standard InChI is InChI=1S/C18H23N3O2S/c1-11-8-12(9-23-2)14-15-16(24-17(14)20-11)18(22)21(10-19-15)13-6-4-3-5-7-13/h8,13,19H,3-7,9-10H2,1-2H3. The molecule has 6 heteroatoms. The Morgan fingerprint density at radius 3 is 2.92 bits per heavy atom. The summed E-state index contributed by atoms with van der Waals surface area (Å²) >= 11 is 1.51. The molecule has 1 N–H and O–H groups in total. The van der Waals surface area contributed by atoms with Gasteiger partial charge in [-0.1, -0.05) is 19.3 Å². The van der Waals surface area contributed by atoms with Gasteiger partial charge in [-0.3, -0.25) is 4.79 Å². The van der Waals surface area contributed by atoms with Gasteiger partial charge in [-0.15, -0.1) is 11.3 Å². The second-order valence-corrected chi connectivity index (χ2v) is 7.74. The largest absolute Gasteiger partial charge is 0.380 e. The molecule has 2 aliphatic rings. The number of thiophene rings is 1. The molecule has 4 rings (SSSR count). The van der Waals surface area contributed by atoms with Crippen molar-refractivity contribution in [3.63, 3.8) is 0 Å². The van der Waals surface area contributed by atoms with Gasteiger partial charge in [0.15, 0.2) is 0 Å². The third kappa shape index (κ3) is 2.58. The quantitative estimate of drug-likeness (QED) is 0.916. The van der Waals surface area contributed by atoms with Gasteiger partial charge in [0, 0.05) is 24.2 Å². The van der Waals surface area contributed by atoms with Crippen molar-refractivity contribution in [2.75, 3.05) is 19.1 Å². The van der Waals surface area contributed by atoms with Crippen molar-refractivity contribution in [2.24, 2.45) is 0 Å². The number of hydrogen-bond acceptors (Lipinski definition) is 5. The van der Waals surface area contributed by atoms with E-state index in [1.54, 1.807) is 7.11 Å². The third-order valence-corrected chi connectivity index (χ3v) is 6.14. The van der Waals surface area contributed by atoms with Crippen molar-refractivity contribution in [3.8, 4) is 0 Å². The van der Waals surface area contributed by atoms with Crippen molar-refractivity contribution in [2.45, 2.75) is 51.7 Å². The van der Waals surface area contributed by atoms with Crippen LogP contribution in [0.25, 0.3) is 10.2 Å². The van der Waals surface area contributed by atoms with Gasteiger partial charge in [-0.2, -0.15) is 0 Å². The number of carbonyl (C=O) groups excluding carboxylic acids is 1. The summed E-state index contributed by atoms with van der Waals surface area (Å²) in [5.74, 6) is 0.166. The van der Waals surface area contributed by atoms with Crippen LogP contribution in [0, 0.1) is 6.92 Å². The number of carbonyl (C=O) groups is 1. The Morgan fingerprint density at radius 1 is 1.38 bits per heavy atom. The predicted molar refractivity (Wildman–Crippen MR) is 96.6 cm³/mol. The molecular formula is C18H23N3O2S. The number of anilines is 1. The van der Waals surface area contributed by atoms with Gasteiger partial charge in [0.05, 0.1) is 19.0 Å². The van der Waals surface area contributed by atoms with Crippen LogP contribution in [0.3, 0.4) is 0 Å². The van der Waals surface area contributed by atoms with Gasteiger partial charge in [-0.25, -0.2) is 4.98 Å². The van der Waals surface area contributed by atoms with E-state index < -0.39 is 0 Å². The summed E-state index contributed by atoms with van der Waals surface area (Å²) in [5.41, 5.74) is 3.01. The number of aromatic nitrogens is 1. The molecule has 1 aliphatic carbocycles. The Labute approximate surface area is 146 Å². The minimum absolute atomic E-state index is 0.166. The molecule has 1 saturated carbocycles. The first-order chi connectivity index (χ1) is 11.7. The summed E-state index contributed by atoms with van der Waals surface area (Å²) in [5, 5.41) is 4.56. The highest BCUT2D eigenvalue weighted by atomic mass is 32.1. The van der Waals surface area contributed by atoms with Crippen molar-refractivity contribution >= 4 is 33.1 Å². The minimum atomic E-state index is 0.166. The van der Waals surface area contributed by atoms with E-state index in [2.05, 4.69) is 16.4 Å². The fraction of sp³-hybridized carbons (Fsp3) is 0.556. The SMILES string of the molecule is COCc1cc(C)nc2sc3c(c12)NCN(C1CCCCC1)C3=O. The molecule has 5 nitrogen and oxygen atoms in total. The zero-order valence-corrected chi connectivity index (χ0v) is 15.0. The van der Waals surface area contributed by atoms with E-state index in [-0.39, 0.29) is 5.91 Å². The van der Waals surface area contributed by atoms with Crippen LogP contribution in [-0.4, -0.2) is 35.6 Å². The first kappa shape index (κ1) is 15.8. The van der Waals surface area contributed by atoms with E-state index in [9.17, 15) is 4.79 Å². The molecule has 2 aromatic heterocycles. The molecule has 128 valence electrons. The Morgan fingerprint density at radius 2 is 2.17 bits per heavy atom. The lowest BCUT2D eigenvalue weighted by Crippen LogP contribution is -2.46. The molecule has 3 heterocycles. The van der Waals surface area contributed by atoms with Crippen LogP contribution >= 0.6 is 11.3 Å². The fourth-order valence-electron chi connectivity index (χ4n) is 3.96. The summed E-state index contributed by atoms with van der Waals surface area (Å²) in [6.07, 6.45) is 6.00. The number of nitrogens with one attached hydrogen (secondary N) is 1. The van der Waals surface area contributed by atoms with Crippen LogP contribution in [0.1, 0.15) is 53.0 Å². The van der Waals surface area contributed by atoms with Crippen LogP contribution in [0.15, 0.2) is 6.07 Å². The van der Waals surface area contributed by atoms with Gasteiger partial charge in [0.25, 0.3) is 5.91 Å². The normalized spacial score (nSPS) is 18.8. The van der Waals surface area contributed by atoms with E-state index in [0.717, 1.165) is 44.9 Å². The Hall–Kier alpha value is -1.66. The van der Waals surface area contributed by atoms with E-state index in [0.29, 0.717) is 19.3 Å². The predicted octanol–water partition coefficient (Wildman–Crippen LogP) is 3.91. The fourth-order valence-corrected chi connectivity index (χ4v) is 5.15. The summed E-state index contributed by atoms with van der Waals surface area (Å²) in [4.78, 5) is 21.5. The second kappa shape index (κ2) is 6.33. The molecule has 0 bridgehead atoms. The van der Waals surface area contributed by atoms with Crippen molar-refractivity contribution in [1.29, 1.82) is 0 Å². The van der Waals surface area contributed by atoms with E-state index in [4.69, 9.17) is 4.74 Å². The average molecular weight is 345 g/mol. The maximum Gasteiger partial charge on any atom is 0.267 e. The van der Waals surface area contributed by atoms with Crippen LogP contribution in [0.5, 0.6) is 0 Å². The number of ether oxygens (including phenoxy) is 1. The molecule has 0 radical (unpaired) electrons. The minimum Gasteiger partial charge on any atom is -0.380 e. The van der Waals surface area contributed by atoms with Gasteiger partial charge in [0.1, 0.15) is 9.71 Å². The molecule has 0 atom stereocenters. The van der Waals surface area contributed by atoms with Gasteiger partial charge in [0.2, 0.25) is 0 Å². The van der Waals surface area contributed by atoms with Crippen LogP contribution in [0.2, 0.25) is 0 Å². The highest BCUT2D eigenvalue weighted by Crippen LogP contribution is 2.41. The molecule has 0 spiro atoms. The highest BCUT2D eigenvalue weighted by molar-refractivity contribution is 7.21. The van der Waals surface area contributed by atoms with Crippen molar-refractivity contribution in [3.05, 3.63) is 22.2 Å². The zero-order chi connectivity index (χ0) is 16.7. The monoisotopic (exact) mass is 345 g/mol. The number of fused-ring (bicyclic) bond motifs is 3. The maximum absolute atomic E-state index is 13.1. The maximum atomic E-state index is 13.1. The summed E-state index contributed by atoms with van der Waals surface area (Å²) in [6, 6.07) is 2.43. The number of methoxy groups -OCH3 is 1. The Bertz CT molecular complexity index is 780. The number of pyridine rings is 1. The molecule has 2 aromatic rings. The number of hydrogen-bond donors (Lipinski definition) is 1. The number of aryl methyl sites for hydroxylation is 1. The molecule has 1 fully saturated rings. The Balaban J connectivity index is 1.75. The lowest BCUT2D eigenvalue weighted by molar-refractivity contribution is 0.0647. The summed E-state index contributed by atoms with van der Waals surface area (Å²) in [7, 11) is 1.70. The number of rotatable bonds is 3. The number of nitrogens with zero attached hydrogens (tertiary/aromatic N) is 2. The van der Waals surface area contributed by atoms with Crippen LogP contribution in [0.4, 0.5) is 5.69 Å². The lowest BCUT2D eigenvalue weighted by Gasteiger charge is -2.37. The van der Waals surface area contributed by atoms with Gasteiger partial charge < -0.3 is 15.0 Å². The van der Waals surface area contributed by atoms with Crippen LogP contribution < -0.4 is 5.32 Å². The summed E-state index contributed by atoms with van der Waals surface area (Å²) < 4.78 is 5.35. The Kier molecular flexibility index (Phi) is 4.18. The molecular weight excluding hydrogens is 322 g/mol. The second-order valence-electron chi connectivity index (χ2n) is 6.74. The zero-order valence-electron chi connectivity index (χ0n) is 14.2. The van der Waals surface area contributed by atoms with Crippen molar-refractivity contribution in [1.82, 2.24) is 9.88 Å². The van der Waals surface area contributed by atoms with E-state index >= 15 is 0 Å². The topological polar surface area (TPSA) is 54.5 Å². The van der Waals surface area contributed by atoms with E-state index in [1.165, 1.54) is 30.6 Å². The lowest BCUT2D eigenvalue weighted by atomic mass is 9.94. The van der Waals surface area contributed by atoms with E-state index in [1.807, 2.05) is 11.8 Å². The van der Waals surface area contributed by atoms with Gasteiger partial charge >= 0.3 is 0 Å². The molecule has 24 heavy (non-hydrogen) atoms. The molecule has 0 saturated heterocycles. The first-order valence-corrected chi connectivity index (χ1v) is 9.47. The molecule has 0 aromatic carbocycles. The summed E-state index contributed by atoms with van der Waals surface area (Å²) in [6.45, 7) is 3.12. The highest BCUT2D eigenvalue weighted by Gasteiger charge is 2.34. The average Bonchev–Trinajstić information content (AvgIpc) is 2.95. The van der Waals surface area contributed by atoms with Crippen LogP contribution in [-0.2, 0) is 11.3 Å². The third-order valence-electron chi connectivity index (χ3n) is 5.07. The molecule has 1 aliphatic heterocycles. The molecule has 0 unspecified atom stereocenters. The smallest absolute Gasteiger partial charge is 0.267 e. The van der Waals surface area contributed by atoms with Gasteiger partial charge in [-0.05, 0) is 31.4 Å². The van der Waals surface area contributed by atoms with Crippen molar-refractivity contribution < 1.29 is 9.53 Å². The number of amides is 1. The first-order valence-electron chi connectivity index (χ1n) is 8.66. The molecule has 1 amide bonds.